The summed E-state index contributed by atoms with van der Waals surface area (Å²) in [5.41, 5.74) is 2.36. The van der Waals surface area contributed by atoms with Gasteiger partial charge in [-0.15, -0.1) is 0 Å². The number of thioether (sulfide) groups is 1. The molecule has 3 aliphatic rings. The van der Waals surface area contributed by atoms with E-state index in [0.29, 0.717) is 29.0 Å². The van der Waals surface area contributed by atoms with Crippen molar-refractivity contribution in [3.63, 3.8) is 0 Å². The number of carbonyl (C=O) groups is 3. The van der Waals surface area contributed by atoms with Gasteiger partial charge in [-0.25, -0.2) is 4.99 Å². The number of hydrogen-bond donors (Lipinski definition) is 2. The predicted molar refractivity (Wildman–Crippen MR) is 152 cm³/mol. The molecule has 0 saturated heterocycles. The molecule has 10 heteroatoms. The molecule has 5 rings (SSSR count). The van der Waals surface area contributed by atoms with E-state index in [1.807, 2.05) is 48.5 Å². The van der Waals surface area contributed by atoms with Crippen LogP contribution in [-0.2, 0) is 20.9 Å². The quantitative estimate of drug-likeness (QED) is 0.492. The first-order valence-corrected chi connectivity index (χ1v) is 14.4. The fourth-order valence-electron chi connectivity index (χ4n) is 5.22. The maximum atomic E-state index is 13.1. The lowest BCUT2D eigenvalue weighted by Gasteiger charge is -2.31. The van der Waals surface area contributed by atoms with E-state index in [0.717, 1.165) is 36.8 Å². The van der Waals surface area contributed by atoms with Gasteiger partial charge in [0.2, 0.25) is 11.8 Å². The Morgan fingerprint density at radius 3 is 2.62 bits per heavy atom. The molecule has 204 valence electrons. The van der Waals surface area contributed by atoms with Gasteiger partial charge in [-0.3, -0.25) is 19.3 Å². The Hall–Kier alpha value is -3.66. The highest BCUT2D eigenvalue weighted by molar-refractivity contribution is 8.14. The number of amides is 3. The molecule has 0 radical (unpaired) electrons. The van der Waals surface area contributed by atoms with Gasteiger partial charge in [0.25, 0.3) is 5.91 Å². The Labute approximate surface area is 232 Å². The normalized spacial score (nSPS) is 18.5. The van der Waals surface area contributed by atoms with Gasteiger partial charge in [0, 0.05) is 30.1 Å². The second-order valence-electron chi connectivity index (χ2n) is 9.89. The number of amidine groups is 2. The number of nitrogens with one attached hydrogen (secondary N) is 2. The molecule has 1 saturated carbocycles. The molecule has 3 amide bonds. The van der Waals surface area contributed by atoms with Crippen molar-refractivity contribution in [1.82, 2.24) is 15.5 Å². The van der Waals surface area contributed by atoms with E-state index in [1.165, 1.54) is 18.2 Å². The van der Waals surface area contributed by atoms with Crippen LogP contribution in [0, 0.1) is 0 Å². The van der Waals surface area contributed by atoms with Gasteiger partial charge in [-0.1, -0.05) is 61.4 Å². The van der Waals surface area contributed by atoms with Crippen LogP contribution < -0.4 is 15.4 Å². The molecule has 1 unspecified atom stereocenters. The molecule has 1 fully saturated rings. The van der Waals surface area contributed by atoms with E-state index in [4.69, 9.17) is 9.73 Å². The molecule has 1 aliphatic carbocycles. The van der Waals surface area contributed by atoms with E-state index in [9.17, 15) is 14.4 Å². The Morgan fingerprint density at radius 2 is 1.79 bits per heavy atom. The molecule has 0 aromatic heterocycles. The Kier molecular flexibility index (Phi) is 8.61. The number of carbonyl (C=O) groups excluding carboxylic acids is 3. The lowest BCUT2D eigenvalue weighted by molar-refractivity contribution is -0.122. The van der Waals surface area contributed by atoms with Crippen molar-refractivity contribution in [2.24, 2.45) is 9.98 Å². The molecule has 1 atom stereocenters. The molecule has 0 spiro atoms. The Morgan fingerprint density at radius 1 is 1.03 bits per heavy atom. The smallest absolute Gasteiger partial charge is 0.270 e. The van der Waals surface area contributed by atoms with Crippen molar-refractivity contribution in [2.45, 2.75) is 63.6 Å². The van der Waals surface area contributed by atoms with Crippen LogP contribution in [0.25, 0.3) is 0 Å². The largest absolute Gasteiger partial charge is 0.496 e. The van der Waals surface area contributed by atoms with Crippen LogP contribution in [0.1, 0.15) is 56.1 Å². The van der Waals surface area contributed by atoms with Crippen LogP contribution >= 0.6 is 11.8 Å². The van der Waals surface area contributed by atoms with E-state index in [-0.39, 0.29) is 42.4 Å². The minimum Gasteiger partial charge on any atom is -0.496 e. The summed E-state index contributed by atoms with van der Waals surface area (Å²) in [6, 6.07) is 14.6. The fourth-order valence-corrected chi connectivity index (χ4v) is 6.08. The topological polar surface area (TPSA) is 112 Å². The van der Waals surface area contributed by atoms with E-state index < -0.39 is 6.04 Å². The average molecular weight is 548 g/mol. The van der Waals surface area contributed by atoms with Crippen LogP contribution in [0.2, 0.25) is 0 Å². The maximum absolute atomic E-state index is 13.1. The summed E-state index contributed by atoms with van der Waals surface area (Å²) in [6.45, 7) is 0.332. The van der Waals surface area contributed by atoms with Crippen LogP contribution in [0.15, 0.2) is 58.5 Å². The van der Waals surface area contributed by atoms with Crippen molar-refractivity contribution >= 4 is 46.2 Å². The number of ether oxygens (including phenoxy) is 1. The average Bonchev–Trinajstić information content (AvgIpc) is 3.30. The highest BCUT2D eigenvalue weighted by Crippen LogP contribution is 2.35. The van der Waals surface area contributed by atoms with E-state index in [1.54, 1.807) is 12.0 Å². The van der Waals surface area contributed by atoms with Crippen LogP contribution in [0.4, 0.5) is 5.69 Å². The first kappa shape index (κ1) is 26.9. The highest BCUT2D eigenvalue weighted by atomic mass is 32.2. The number of para-hydroxylation sites is 2. The zero-order valence-corrected chi connectivity index (χ0v) is 22.8. The molecule has 2 N–H and O–H groups in total. The molecule has 9 nitrogen and oxygen atoms in total. The van der Waals surface area contributed by atoms with Gasteiger partial charge < -0.3 is 15.4 Å². The molecule has 2 aromatic rings. The van der Waals surface area contributed by atoms with Crippen molar-refractivity contribution < 1.29 is 19.1 Å². The minimum absolute atomic E-state index is 0.0373. The number of benzene rings is 2. The Balaban J connectivity index is 1.24. The van der Waals surface area contributed by atoms with Gasteiger partial charge in [-0.2, -0.15) is 4.99 Å². The summed E-state index contributed by atoms with van der Waals surface area (Å²) >= 11 is 1.30. The summed E-state index contributed by atoms with van der Waals surface area (Å²) in [7, 11) is 1.59. The molecular formula is C29H33N5O4S. The number of aliphatic imine (C=N–C) groups is 2. The summed E-state index contributed by atoms with van der Waals surface area (Å²) in [5, 5.41) is 6.61. The summed E-state index contributed by atoms with van der Waals surface area (Å²) in [6.07, 6.45) is 5.97. The second kappa shape index (κ2) is 12.5. The molecular weight excluding hydrogens is 514 g/mol. The van der Waals surface area contributed by atoms with Crippen molar-refractivity contribution in [2.75, 3.05) is 12.9 Å². The molecule has 2 aromatic carbocycles. The summed E-state index contributed by atoms with van der Waals surface area (Å²) in [4.78, 5) is 49.4. The standard InChI is InChI=1S/C29H33N5O4S/c1-38-24-14-8-5-9-19(24)17-30-25(35)16-15-23-28(37)33-27-21-12-6-7-13-22(21)32-29(34(23)27)39-18-26(36)31-20-10-3-2-4-11-20/h5-9,12-14,20,23H,2-4,10-11,15-18H2,1H3,(H,30,35)(H,31,36). The molecule has 2 aliphatic heterocycles. The van der Waals surface area contributed by atoms with Crippen molar-refractivity contribution in [3.05, 3.63) is 59.7 Å². The molecule has 2 heterocycles. The number of methoxy groups -OCH3 is 1. The van der Waals surface area contributed by atoms with E-state index in [2.05, 4.69) is 15.6 Å². The van der Waals surface area contributed by atoms with Gasteiger partial charge in [-0.05, 0) is 37.5 Å². The lowest BCUT2D eigenvalue weighted by atomic mass is 9.95. The fraction of sp³-hybridized carbons (Fsp3) is 0.414. The predicted octanol–water partition coefficient (Wildman–Crippen LogP) is 3.93. The molecule has 39 heavy (non-hydrogen) atoms. The summed E-state index contributed by atoms with van der Waals surface area (Å²) in [5.74, 6) is 0.919. The SMILES string of the molecule is COc1ccccc1CNC(=O)CCC1C(=O)N=C2c3ccccc3N=C(SCC(=O)NC3CCCCC3)N21. The number of fused-ring (bicyclic) bond motifs is 3. The molecule has 0 bridgehead atoms. The van der Waals surface area contributed by atoms with Gasteiger partial charge in [0.1, 0.15) is 17.6 Å². The van der Waals surface area contributed by atoms with Gasteiger partial charge >= 0.3 is 0 Å². The number of nitrogens with zero attached hydrogens (tertiary/aromatic N) is 3. The van der Waals surface area contributed by atoms with Crippen molar-refractivity contribution in [1.29, 1.82) is 0 Å². The highest BCUT2D eigenvalue weighted by Gasteiger charge is 2.41. The van der Waals surface area contributed by atoms with E-state index >= 15 is 0 Å². The number of rotatable bonds is 9. The summed E-state index contributed by atoms with van der Waals surface area (Å²) < 4.78 is 5.35. The second-order valence-corrected chi connectivity index (χ2v) is 10.8. The third-order valence-electron chi connectivity index (χ3n) is 7.22. The maximum Gasteiger partial charge on any atom is 0.270 e. The zero-order valence-electron chi connectivity index (χ0n) is 22.0. The minimum atomic E-state index is -0.655. The van der Waals surface area contributed by atoms with Crippen LogP contribution in [0.3, 0.4) is 0 Å². The third kappa shape index (κ3) is 6.33. The zero-order chi connectivity index (χ0) is 27.2. The Bertz CT molecular complexity index is 1300. The van der Waals surface area contributed by atoms with Crippen molar-refractivity contribution in [3.8, 4) is 5.75 Å². The van der Waals surface area contributed by atoms with Crippen LogP contribution in [0.5, 0.6) is 5.75 Å². The van der Waals surface area contributed by atoms with Gasteiger partial charge in [0.15, 0.2) is 5.17 Å². The third-order valence-corrected chi connectivity index (χ3v) is 8.18. The van der Waals surface area contributed by atoms with Crippen LogP contribution in [-0.4, -0.2) is 58.6 Å². The first-order chi connectivity index (χ1) is 19.0. The lowest BCUT2D eigenvalue weighted by Crippen LogP contribution is -2.45. The first-order valence-electron chi connectivity index (χ1n) is 13.4. The van der Waals surface area contributed by atoms with Gasteiger partial charge in [0.05, 0.1) is 18.6 Å². The number of hydrogen-bond acceptors (Lipinski definition) is 7. The monoisotopic (exact) mass is 547 g/mol.